The Balaban J connectivity index is 2.47. The average Bonchev–Trinajstić information content (AvgIpc) is 2.85. The van der Waals surface area contributed by atoms with Crippen molar-refractivity contribution in [2.75, 3.05) is 0 Å². The lowest BCUT2D eigenvalue weighted by Crippen LogP contribution is -2.15. The topological polar surface area (TPSA) is 69.4 Å². The standard InChI is InChI=1S/C9H10BrNO3S/c10-7-2-1-3-8(14-6-4-5-6)9(7)15(11,12)13/h1-3,6H,4-5H2,(H2,11,12,13). The largest absolute Gasteiger partial charge is 0.489 e. The van der Waals surface area contributed by atoms with Gasteiger partial charge in [-0.05, 0) is 40.9 Å². The third-order valence-corrected chi connectivity index (χ3v) is 3.95. The molecule has 2 N–H and O–H groups in total. The van der Waals surface area contributed by atoms with E-state index in [0.717, 1.165) is 12.8 Å². The van der Waals surface area contributed by atoms with Gasteiger partial charge in [0, 0.05) is 4.47 Å². The van der Waals surface area contributed by atoms with Crippen LogP contribution in [0.1, 0.15) is 12.8 Å². The van der Waals surface area contributed by atoms with Gasteiger partial charge < -0.3 is 4.74 Å². The lowest BCUT2D eigenvalue weighted by atomic mass is 10.3. The molecule has 6 heteroatoms. The normalized spacial score (nSPS) is 16.4. The van der Waals surface area contributed by atoms with Gasteiger partial charge in [0.1, 0.15) is 10.6 Å². The Labute approximate surface area is 96.6 Å². The molecule has 0 radical (unpaired) electrons. The van der Waals surface area contributed by atoms with Crippen molar-refractivity contribution < 1.29 is 13.2 Å². The molecule has 0 bridgehead atoms. The van der Waals surface area contributed by atoms with Crippen LogP contribution >= 0.6 is 15.9 Å². The fourth-order valence-electron chi connectivity index (χ4n) is 1.22. The van der Waals surface area contributed by atoms with Crippen LogP contribution in [-0.4, -0.2) is 14.5 Å². The first-order valence-corrected chi connectivity index (χ1v) is 6.80. The summed E-state index contributed by atoms with van der Waals surface area (Å²) in [4.78, 5) is 0.0249. The van der Waals surface area contributed by atoms with Crippen LogP contribution in [0.3, 0.4) is 0 Å². The van der Waals surface area contributed by atoms with E-state index in [-0.39, 0.29) is 11.0 Å². The summed E-state index contributed by atoms with van der Waals surface area (Å²) < 4.78 is 28.6. The minimum atomic E-state index is -3.75. The third-order valence-electron chi connectivity index (χ3n) is 2.03. The van der Waals surface area contributed by atoms with Gasteiger partial charge in [0.25, 0.3) is 0 Å². The van der Waals surface area contributed by atoms with Crippen LogP contribution in [0, 0.1) is 0 Å². The van der Waals surface area contributed by atoms with Crippen LogP contribution in [0.15, 0.2) is 27.6 Å². The molecule has 0 heterocycles. The van der Waals surface area contributed by atoms with Gasteiger partial charge in [-0.1, -0.05) is 6.07 Å². The van der Waals surface area contributed by atoms with Crippen LogP contribution in [0.4, 0.5) is 0 Å². The Kier molecular flexibility index (Phi) is 2.74. The van der Waals surface area contributed by atoms with Gasteiger partial charge in [-0.2, -0.15) is 0 Å². The molecule has 0 aliphatic heterocycles. The van der Waals surface area contributed by atoms with E-state index >= 15 is 0 Å². The average molecular weight is 292 g/mol. The van der Waals surface area contributed by atoms with Gasteiger partial charge in [-0.3, -0.25) is 0 Å². The Morgan fingerprint density at radius 2 is 2.07 bits per heavy atom. The lowest BCUT2D eigenvalue weighted by Gasteiger charge is -2.10. The molecule has 0 amide bonds. The zero-order valence-electron chi connectivity index (χ0n) is 7.81. The van der Waals surface area contributed by atoms with Crippen LogP contribution in [0.2, 0.25) is 0 Å². The Morgan fingerprint density at radius 1 is 1.40 bits per heavy atom. The second-order valence-electron chi connectivity index (χ2n) is 3.43. The number of halogens is 1. The summed E-state index contributed by atoms with van der Waals surface area (Å²) in [5.41, 5.74) is 0. The Hall–Kier alpha value is -0.590. The molecule has 2 rings (SSSR count). The number of rotatable bonds is 3. The van der Waals surface area contributed by atoms with Gasteiger partial charge >= 0.3 is 0 Å². The number of benzene rings is 1. The van der Waals surface area contributed by atoms with Crippen molar-refractivity contribution in [3.63, 3.8) is 0 Å². The quantitative estimate of drug-likeness (QED) is 0.920. The fourth-order valence-corrected chi connectivity index (χ4v) is 2.98. The SMILES string of the molecule is NS(=O)(=O)c1c(Br)cccc1OC1CC1. The zero-order chi connectivity index (χ0) is 11.1. The molecule has 1 aliphatic rings. The molecular weight excluding hydrogens is 282 g/mol. The third kappa shape index (κ3) is 2.50. The van der Waals surface area contributed by atoms with E-state index in [9.17, 15) is 8.42 Å². The molecule has 0 aromatic heterocycles. The smallest absolute Gasteiger partial charge is 0.242 e. The molecule has 0 unspecified atom stereocenters. The second-order valence-corrected chi connectivity index (χ2v) is 5.78. The predicted octanol–water partition coefficient (Wildman–Crippen LogP) is 1.64. The molecule has 1 aromatic rings. The van der Waals surface area contributed by atoms with E-state index in [0.29, 0.717) is 10.2 Å². The van der Waals surface area contributed by atoms with Crippen LogP contribution < -0.4 is 9.88 Å². The highest BCUT2D eigenvalue weighted by atomic mass is 79.9. The number of primary sulfonamides is 1. The highest BCUT2D eigenvalue weighted by molar-refractivity contribution is 9.10. The molecule has 1 fully saturated rings. The molecule has 1 saturated carbocycles. The maximum Gasteiger partial charge on any atom is 0.242 e. The maximum absolute atomic E-state index is 11.3. The molecule has 82 valence electrons. The molecule has 1 aromatic carbocycles. The lowest BCUT2D eigenvalue weighted by molar-refractivity contribution is 0.294. The molecule has 1 aliphatic carbocycles. The van der Waals surface area contributed by atoms with Crippen molar-refractivity contribution in [1.82, 2.24) is 0 Å². The van der Waals surface area contributed by atoms with Crippen LogP contribution in [0.5, 0.6) is 5.75 Å². The van der Waals surface area contributed by atoms with Gasteiger partial charge in [0.2, 0.25) is 10.0 Å². The van der Waals surface area contributed by atoms with Gasteiger partial charge in [-0.15, -0.1) is 0 Å². The monoisotopic (exact) mass is 291 g/mol. The molecular formula is C9H10BrNO3S. The van der Waals surface area contributed by atoms with Crippen molar-refractivity contribution in [2.24, 2.45) is 5.14 Å². The summed E-state index contributed by atoms with van der Waals surface area (Å²) in [5, 5.41) is 5.12. The van der Waals surface area contributed by atoms with E-state index in [1.54, 1.807) is 18.2 Å². The van der Waals surface area contributed by atoms with Gasteiger partial charge in [0.15, 0.2) is 0 Å². The first-order chi connectivity index (χ1) is 6.98. The summed E-state index contributed by atoms with van der Waals surface area (Å²) in [6.07, 6.45) is 2.08. The van der Waals surface area contributed by atoms with Crippen LogP contribution in [0.25, 0.3) is 0 Å². The van der Waals surface area contributed by atoms with Gasteiger partial charge in [-0.25, -0.2) is 13.6 Å². The zero-order valence-corrected chi connectivity index (χ0v) is 10.2. The minimum absolute atomic E-state index is 0.0249. The summed E-state index contributed by atoms with van der Waals surface area (Å²) in [5.74, 6) is 0.328. The van der Waals surface area contributed by atoms with E-state index in [1.165, 1.54) is 0 Å². The van der Waals surface area contributed by atoms with E-state index < -0.39 is 10.0 Å². The van der Waals surface area contributed by atoms with Crippen molar-refractivity contribution in [3.8, 4) is 5.75 Å². The summed E-state index contributed by atoms with van der Waals surface area (Å²) in [7, 11) is -3.75. The van der Waals surface area contributed by atoms with Crippen LogP contribution in [-0.2, 0) is 10.0 Å². The molecule has 15 heavy (non-hydrogen) atoms. The highest BCUT2D eigenvalue weighted by Crippen LogP contribution is 2.34. The first kappa shape index (κ1) is 10.9. The second kappa shape index (κ2) is 3.77. The van der Waals surface area contributed by atoms with Crippen molar-refractivity contribution in [3.05, 3.63) is 22.7 Å². The Bertz CT molecular complexity index is 482. The molecule has 4 nitrogen and oxygen atoms in total. The Morgan fingerprint density at radius 3 is 2.60 bits per heavy atom. The number of sulfonamides is 1. The summed E-state index contributed by atoms with van der Waals surface area (Å²) >= 11 is 3.15. The number of ether oxygens (including phenoxy) is 1. The van der Waals surface area contributed by atoms with E-state index in [1.807, 2.05) is 0 Å². The van der Waals surface area contributed by atoms with Crippen molar-refractivity contribution in [2.45, 2.75) is 23.8 Å². The van der Waals surface area contributed by atoms with Crippen molar-refractivity contribution >= 4 is 26.0 Å². The number of hydrogen-bond donors (Lipinski definition) is 1. The predicted molar refractivity (Wildman–Crippen MR) is 59.2 cm³/mol. The first-order valence-electron chi connectivity index (χ1n) is 4.46. The van der Waals surface area contributed by atoms with E-state index in [2.05, 4.69) is 15.9 Å². The molecule has 0 atom stereocenters. The molecule has 0 spiro atoms. The maximum atomic E-state index is 11.3. The van der Waals surface area contributed by atoms with E-state index in [4.69, 9.17) is 9.88 Å². The summed E-state index contributed by atoms with van der Waals surface area (Å²) in [6, 6.07) is 4.96. The van der Waals surface area contributed by atoms with Crippen molar-refractivity contribution in [1.29, 1.82) is 0 Å². The number of nitrogens with two attached hydrogens (primary N) is 1. The van der Waals surface area contributed by atoms with Gasteiger partial charge in [0.05, 0.1) is 6.10 Å². The fraction of sp³-hybridized carbons (Fsp3) is 0.333. The highest BCUT2D eigenvalue weighted by Gasteiger charge is 2.27. The summed E-state index contributed by atoms with van der Waals surface area (Å²) in [6.45, 7) is 0. The molecule has 0 saturated heterocycles. The number of hydrogen-bond acceptors (Lipinski definition) is 3. The minimum Gasteiger partial charge on any atom is -0.489 e.